The summed E-state index contributed by atoms with van der Waals surface area (Å²) in [6.07, 6.45) is 0. The monoisotopic (exact) mass is 151 g/mol. The summed E-state index contributed by atoms with van der Waals surface area (Å²) in [5.41, 5.74) is 0.957. The van der Waals surface area contributed by atoms with Crippen LogP contribution in [0.5, 0.6) is 5.75 Å². The number of phenolic OH excluding ortho intramolecular Hbond substituents is 1. The molecular weight excluding hydrogens is 142 g/mol. The van der Waals surface area contributed by atoms with Crippen LogP contribution in [0, 0.1) is 0 Å². The SMILES string of the molecule is C/C(=N/O)c1ccccc1O. The van der Waals surface area contributed by atoms with Gasteiger partial charge < -0.3 is 10.3 Å². The van der Waals surface area contributed by atoms with Crippen LogP contribution in [0.15, 0.2) is 29.4 Å². The molecule has 0 atom stereocenters. The van der Waals surface area contributed by atoms with Crippen LogP contribution >= 0.6 is 0 Å². The highest BCUT2D eigenvalue weighted by molar-refractivity contribution is 6.00. The molecule has 0 unspecified atom stereocenters. The van der Waals surface area contributed by atoms with Gasteiger partial charge in [-0.05, 0) is 19.1 Å². The molecular formula is C8H9NO2. The smallest absolute Gasteiger partial charge is 0.124 e. The van der Waals surface area contributed by atoms with Gasteiger partial charge in [0.15, 0.2) is 0 Å². The van der Waals surface area contributed by atoms with Crippen LogP contribution in [-0.4, -0.2) is 16.0 Å². The van der Waals surface area contributed by atoms with E-state index in [4.69, 9.17) is 5.21 Å². The molecule has 0 heterocycles. The van der Waals surface area contributed by atoms with Gasteiger partial charge in [0.1, 0.15) is 5.75 Å². The predicted octanol–water partition coefficient (Wildman–Crippen LogP) is 1.59. The molecule has 1 aromatic carbocycles. The van der Waals surface area contributed by atoms with Crippen molar-refractivity contribution in [3.63, 3.8) is 0 Å². The van der Waals surface area contributed by atoms with Crippen molar-refractivity contribution in [2.75, 3.05) is 0 Å². The third-order valence-corrected chi connectivity index (χ3v) is 1.44. The Labute approximate surface area is 64.6 Å². The lowest BCUT2D eigenvalue weighted by atomic mass is 10.1. The molecule has 0 radical (unpaired) electrons. The molecule has 0 aromatic heterocycles. The Kier molecular flexibility index (Phi) is 2.11. The molecule has 0 saturated heterocycles. The quantitative estimate of drug-likeness (QED) is 0.364. The Morgan fingerprint density at radius 2 is 2.00 bits per heavy atom. The molecule has 58 valence electrons. The van der Waals surface area contributed by atoms with Crippen LogP contribution in [0.1, 0.15) is 12.5 Å². The van der Waals surface area contributed by atoms with Gasteiger partial charge >= 0.3 is 0 Å². The minimum absolute atomic E-state index is 0.128. The Bertz CT molecular complexity index is 281. The second-order valence-corrected chi connectivity index (χ2v) is 2.20. The lowest BCUT2D eigenvalue weighted by molar-refractivity contribution is 0.318. The van der Waals surface area contributed by atoms with Crippen molar-refractivity contribution in [3.8, 4) is 5.75 Å². The number of benzene rings is 1. The fourth-order valence-electron chi connectivity index (χ4n) is 0.833. The summed E-state index contributed by atoms with van der Waals surface area (Å²) < 4.78 is 0. The zero-order chi connectivity index (χ0) is 8.27. The summed E-state index contributed by atoms with van der Waals surface area (Å²) in [7, 11) is 0. The van der Waals surface area contributed by atoms with E-state index in [0.717, 1.165) is 0 Å². The maximum absolute atomic E-state index is 9.22. The van der Waals surface area contributed by atoms with Crippen molar-refractivity contribution in [1.29, 1.82) is 0 Å². The van der Waals surface area contributed by atoms with E-state index in [9.17, 15) is 5.11 Å². The van der Waals surface area contributed by atoms with Crippen molar-refractivity contribution in [2.24, 2.45) is 5.16 Å². The van der Waals surface area contributed by atoms with Crippen molar-refractivity contribution < 1.29 is 10.3 Å². The Morgan fingerprint density at radius 3 is 2.55 bits per heavy atom. The molecule has 0 saturated carbocycles. The first-order chi connectivity index (χ1) is 5.25. The summed E-state index contributed by atoms with van der Waals surface area (Å²) in [6, 6.07) is 6.71. The van der Waals surface area contributed by atoms with Gasteiger partial charge in [0.05, 0.1) is 5.71 Å². The number of hydrogen-bond donors (Lipinski definition) is 2. The lowest BCUT2D eigenvalue weighted by Gasteiger charge is -1.99. The third-order valence-electron chi connectivity index (χ3n) is 1.44. The molecule has 1 rings (SSSR count). The Hall–Kier alpha value is -1.51. The van der Waals surface area contributed by atoms with Crippen LogP contribution in [0.2, 0.25) is 0 Å². The summed E-state index contributed by atoms with van der Waals surface area (Å²) >= 11 is 0. The highest BCUT2D eigenvalue weighted by Gasteiger charge is 2.01. The van der Waals surface area contributed by atoms with Crippen LogP contribution in [0.4, 0.5) is 0 Å². The molecule has 0 spiro atoms. The average Bonchev–Trinajstić information content (AvgIpc) is 2.04. The fourth-order valence-corrected chi connectivity index (χ4v) is 0.833. The maximum atomic E-state index is 9.22. The molecule has 2 N–H and O–H groups in total. The van der Waals surface area contributed by atoms with E-state index in [1.807, 2.05) is 0 Å². The van der Waals surface area contributed by atoms with Crippen molar-refractivity contribution >= 4 is 5.71 Å². The highest BCUT2D eigenvalue weighted by Crippen LogP contribution is 2.15. The first-order valence-corrected chi connectivity index (χ1v) is 3.22. The molecule has 0 fully saturated rings. The average molecular weight is 151 g/mol. The molecule has 1 aromatic rings. The van der Waals surface area contributed by atoms with Crippen LogP contribution in [0.3, 0.4) is 0 Å². The van der Waals surface area contributed by atoms with Gasteiger partial charge in [-0.1, -0.05) is 17.3 Å². The largest absolute Gasteiger partial charge is 0.507 e. The van der Waals surface area contributed by atoms with Gasteiger partial charge in [0, 0.05) is 5.56 Å². The fraction of sp³-hybridized carbons (Fsp3) is 0.125. The molecule has 0 aliphatic heterocycles. The third kappa shape index (κ3) is 1.49. The number of nitrogens with zero attached hydrogens (tertiary/aromatic N) is 1. The molecule has 0 aliphatic rings. The van der Waals surface area contributed by atoms with Crippen molar-refractivity contribution in [1.82, 2.24) is 0 Å². The summed E-state index contributed by atoms with van der Waals surface area (Å²) in [5, 5.41) is 20.6. The van der Waals surface area contributed by atoms with E-state index >= 15 is 0 Å². The van der Waals surface area contributed by atoms with Crippen molar-refractivity contribution in [3.05, 3.63) is 29.8 Å². The Balaban J connectivity index is 3.14. The number of para-hydroxylation sites is 1. The van der Waals surface area contributed by atoms with Crippen LogP contribution in [0.25, 0.3) is 0 Å². The lowest BCUT2D eigenvalue weighted by Crippen LogP contribution is -1.93. The van der Waals surface area contributed by atoms with Gasteiger partial charge in [-0.2, -0.15) is 0 Å². The van der Waals surface area contributed by atoms with E-state index in [-0.39, 0.29) is 5.75 Å². The molecule has 0 bridgehead atoms. The minimum atomic E-state index is 0.128. The summed E-state index contributed by atoms with van der Waals surface area (Å²) in [6.45, 7) is 1.62. The summed E-state index contributed by atoms with van der Waals surface area (Å²) in [5.74, 6) is 0.128. The molecule has 3 nitrogen and oxygen atoms in total. The Morgan fingerprint density at radius 1 is 1.36 bits per heavy atom. The first-order valence-electron chi connectivity index (χ1n) is 3.22. The number of rotatable bonds is 1. The number of hydrogen-bond acceptors (Lipinski definition) is 3. The standard InChI is InChI=1S/C8H9NO2/c1-6(9-11)7-4-2-3-5-8(7)10/h2-5,10-11H,1H3/b9-6-. The van der Waals surface area contributed by atoms with E-state index < -0.39 is 0 Å². The van der Waals surface area contributed by atoms with E-state index in [1.165, 1.54) is 0 Å². The second-order valence-electron chi connectivity index (χ2n) is 2.20. The van der Waals surface area contributed by atoms with Gasteiger partial charge in [0.2, 0.25) is 0 Å². The summed E-state index contributed by atoms with van der Waals surface area (Å²) in [4.78, 5) is 0. The highest BCUT2D eigenvalue weighted by atomic mass is 16.4. The zero-order valence-corrected chi connectivity index (χ0v) is 6.15. The van der Waals surface area contributed by atoms with Crippen LogP contribution < -0.4 is 0 Å². The number of phenols is 1. The molecule has 0 amide bonds. The molecule has 3 heteroatoms. The zero-order valence-electron chi connectivity index (χ0n) is 6.15. The molecule has 11 heavy (non-hydrogen) atoms. The maximum Gasteiger partial charge on any atom is 0.124 e. The topological polar surface area (TPSA) is 52.8 Å². The van der Waals surface area contributed by atoms with Gasteiger partial charge in [0.25, 0.3) is 0 Å². The van der Waals surface area contributed by atoms with Gasteiger partial charge in [-0.25, -0.2) is 0 Å². The second kappa shape index (κ2) is 3.05. The number of aromatic hydroxyl groups is 1. The first kappa shape index (κ1) is 7.60. The van der Waals surface area contributed by atoms with E-state index in [0.29, 0.717) is 11.3 Å². The van der Waals surface area contributed by atoms with E-state index in [1.54, 1.807) is 31.2 Å². The van der Waals surface area contributed by atoms with Gasteiger partial charge in [-0.15, -0.1) is 0 Å². The van der Waals surface area contributed by atoms with Crippen molar-refractivity contribution in [2.45, 2.75) is 6.92 Å². The predicted molar refractivity (Wildman–Crippen MR) is 42.1 cm³/mol. The number of oxime groups is 1. The van der Waals surface area contributed by atoms with Gasteiger partial charge in [-0.3, -0.25) is 0 Å². The molecule has 0 aliphatic carbocycles. The minimum Gasteiger partial charge on any atom is -0.507 e. The van der Waals surface area contributed by atoms with E-state index in [2.05, 4.69) is 5.16 Å². The van der Waals surface area contributed by atoms with Crippen LogP contribution in [-0.2, 0) is 0 Å². The normalized spacial score (nSPS) is 11.5.